The Kier molecular flexibility index (Phi) is 7.73. The highest BCUT2D eigenvalue weighted by Gasteiger charge is 2.25. The molecule has 0 radical (unpaired) electrons. The molecule has 0 aliphatic heterocycles. The van der Waals surface area contributed by atoms with Crippen LogP contribution in [0.15, 0.2) is 69.1 Å². The smallest absolute Gasteiger partial charge is 0.326 e. The van der Waals surface area contributed by atoms with Crippen LogP contribution in [0.2, 0.25) is 0 Å². The molecule has 0 unspecified atom stereocenters. The van der Waals surface area contributed by atoms with Gasteiger partial charge in [-0.1, -0.05) is 42.5 Å². The Morgan fingerprint density at radius 1 is 0.944 bits per heavy atom. The standard InChI is InChI=1S/C26H30N4O5S/c1-36(34,35)21-13-7-17(8-14-21)15-16-27-22-23(29-26(33)30-24(22)31)25(32)28-20-11-9-19(10-12-20)18-5-3-2-4-6-18/h2-8,13-14,19-20,27H,9-12,15-16H2,1H3,(H,28,32)(H2,29,30,31,33). The summed E-state index contributed by atoms with van der Waals surface area (Å²) < 4.78 is 23.2. The first-order valence-corrected chi connectivity index (χ1v) is 13.8. The van der Waals surface area contributed by atoms with Gasteiger partial charge in [0.2, 0.25) is 0 Å². The first-order chi connectivity index (χ1) is 17.2. The Balaban J connectivity index is 1.38. The summed E-state index contributed by atoms with van der Waals surface area (Å²) in [6.07, 6.45) is 5.14. The van der Waals surface area contributed by atoms with E-state index in [2.05, 4.69) is 32.7 Å². The second-order valence-electron chi connectivity index (χ2n) is 9.18. The molecule has 1 aliphatic carbocycles. The maximum absolute atomic E-state index is 13.0. The van der Waals surface area contributed by atoms with Gasteiger partial charge in [-0.15, -0.1) is 0 Å². The molecule has 10 heteroatoms. The predicted molar refractivity (Wildman–Crippen MR) is 138 cm³/mol. The van der Waals surface area contributed by atoms with Gasteiger partial charge in [0.15, 0.2) is 9.84 Å². The SMILES string of the molecule is CS(=O)(=O)c1ccc(CCNc2c(C(=O)NC3CCC(c4ccccc4)CC3)[nH]c(=O)[nH]c2=O)cc1. The molecule has 1 amide bonds. The topological polar surface area (TPSA) is 141 Å². The Morgan fingerprint density at radius 3 is 2.25 bits per heavy atom. The van der Waals surface area contributed by atoms with E-state index in [1.807, 2.05) is 18.2 Å². The van der Waals surface area contributed by atoms with E-state index in [0.717, 1.165) is 37.5 Å². The van der Waals surface area contributed by atoms with E-state index in [1.54, 1.807) is 12.1 Å². The summed E-state index contributed by atoms with van der Waals surface area (Å²) in [6, 6.07) is 16.7. The van der Waals surface area contributed by atoms with Crippen molar-refractivity contribution in [1.82, 2.24) is 15.3 Å². The van der Waals surface area contributed by atoms with Crippen LogP contribution < -0.4 is 21.9 Å². The fourth-order valence-corrected chi connectivity index (χ4v) is 5.24. The molecule has 4 N–H and O–H groups in total. The van der Waals surface area contributed by atoms with Crippen molar-refractivity contribution in [3.63, 3.8) is 0 Å². The van der Waals surface area contributed by atoms with E-state index >= 15 is 0 Å². The lowest BCUT2D eigenvalue weighted by Crippen LogP contribution is -2.40. The minimum Gasteiger partial charge on any atom is -0.378 e. The van der Waals surface area contributed by atoms with Crippen LogP contribution in [0, 0.1) is 0 Å². The highest BCUT2D eigenvalue weighted by molar-refractivity contribution is 7.90. The number of rotatable bonds is 8. The molecule has 1 aromatic heterocycles. The molecule has 3 aromatic rings. The number of carbonyl (C=O) groups is 1. The van der Waals surface area contributed by atoms with Gasteiger partial charge in [0, 0.05) is 18.8 Å². The van der Waals surface area contributed by atoms with Crippen LogP contribution in [0.3, 0.4) is 0 Å². The fourth-order valence-electron chi connectivity index (χ4n) is 4.61. The molecule has 36 heavy (non-hydrogen) atoms. The third-order valence-electron chi connectivity index (χ3n) is 6.57. The molecular formula is C26H30N4O5S. The van der Waals surface area contributed by atoms with Gasteiger partial charge in [0.25, 0.3) is 11.5 Å². The van der Waals surface area contributed by atoms with E-state index in [0.29, 0.717) is 18.9 Å². The van der Waals surface area contributed by atoms with E-state index in [4.69, 9.17) is 0 Å². The van der Waals surface area contributed by atoms with Crippen molar-refractivity contribution >= 4 is 21.4 Å². The quantitative estimate of drug-likeness (QED) is 0.367. The van der Waals surface area contributed by atoms with Crippen molar-refractivity contribution in [3.8, 4) is 0 Å². The summed E-state index contributed by atoms with van der Waals surface area (Å²) in [4.78, 5) is 42.2. The Labute approximate surface area is 209 Å². The Bertz CT molecular complexity index is 1420. The van der Waals surface area contributed by atoms with Crippen LogP contribution in [0.25, 0.3) is 0 Å². The van der Waals surface area contributed by atoms with Crippen molar-refractivity contribution in [2.75, 3.05) is 18.1 Å². The van der Waals surface area contributed by atoms with Crippen molar-refractivity contribution in [3.05, 3.63) is 92.3 Å². The van der Waals surface area contributed by atoms with Crippen LogP contribution in [0.4, 0.5) is 5.69 Å². The van der Waals surface area contributed by atoms with Gasteiger partial charge in [-0.3, -0.25) is 14.6 Å². The van der Waals surface area contributed by atoms with Gasteiger partial charge in [-0.25, -0.2) is 13.2 Å². The maximum Gasteiger partial charge on any atom is 0.326 e. The maximum atomic E-state index is 13.0. The number of aromatic nitrogens is 2. The second-order valence-corrected chi connectivity index (χ2v) is 11.2. The average Bonchev–Trinajstić information content (AvgIpc) is 2.86. The molecule has 1 aliphatic rings. The van der Waals surface area contributed by atoms with Gasteiger partial charge in [-0.2, -0.15) is 0 Å². The third kappa shape index (κ3) is 6.31. The van der Waals surface area contributed by atoms with Crippen LogP contribution in [-0.4, -0.2) is 43.1 Å². The number of amides is 1. The summed E-state index contributed by atoms with van der Waals surface area (Å²) in [5.41, 5.74) is 0.638. The van der Waals surface area contributed by atoms with Gasteiger partial charge in [0.1, 0.15) is 11.4 Å². The summed E-state index contributed by atoms with van der Waals surface area (Å²) in [5, 5.41) is 5.93. The van der Waals surface area contributed by atoms with Crippen LogP contribution in [0.1, 0.15) is 53.2 Å². The first-order valence-electron chi connectivity index (χ1n) is 12.0. The van der Waals surface area contributed by atoms with Crippen LogP contribution >= 0.6 is 0 Å². The van der Waals surface area contributed by atoms with Crippen molar-refractivity contribution in [1.29, 1.82) is 0 Å². The molecule has 9 nitrogen and oxygen atoms in total. The van der Waals surface area contributed by atoms with Gasteiger partial charge >= 0.3 is 5.69 Å². The molecule has 0 atom stereocenters. The molecule has 190 valence electrons. The normalized spacial score (nSPS) is 17.9. The molecule has 0 saturated heterocycles. The lowest BCUT2D eigenvalue weighted by molar-refractivity contribution is 0.0921. The Morgan fingerprint density at radius 2 is 1.61 bits per heavy atom. The minimum atomic E-state index is -3.28. The molecule has 1 heterocycles. The lowest BCUT2D eigenvalue weighted by Gasteiger charge is -2.29. The molecule has 2 aromatic carbocycles. The second kappa shape index (κ2) is 10.9. The predicted octanol–water partition coefficient (Wildman–Crippen LogP) is 2.58. The fraction of sp³-hybridized carbons (Fsp3) is 0.346. The minimum absolute atomic E-state index is 0.00201. The molecule has 0 bridgehead atoms. The van der Waals surface area contributed by atoms with Gasteiger partial charge in [-0.05, 0) is 61.3 Å². The summed E-state index contributed by atoms with van der Waals surface area (Å²) in [7, 11) is -3.28. The molecule has 0 spiro atoms. The largest absolute Gasteiger partial charge is 0.378 e. The van der Waals surface area contributed by atoms with E-state index < -0.39 is 27.0 Å². The number of aromatic amines is 2. The number of H-pyrrole nitrogens is 2. The summed E-state index contributed by atoms with van der Waals surface area (Å²) >= 11 is 0. The first kappa shape index (κ1) is 25.4. The number of carbonyl (C=O) groups excluding carboxylic acids is 1. The lowest BCUT2D eigenvalue weighted by atomic mass is 9.82. The zero-order valence-corrected chi connectivity index (χ0v) is 20.9. The zero-order chi connectivity index (χ0) is 25.7. The summed E-state index contributed by atoms with van der Waals surface area (Å²) in [6.45, 7) is 0.301. The van der Waals surface area contributed by atoms with Crippen LogP contribution in [-0.2, 0) is 16.3 Å². The van der Waals surface area contributed by atoms with Crippen molar-refractivity contribution in [2.24, 2.45) is 0 Å². The Hall–Kier alpha value is -3.66. The molecule has 1 fully saturated rings. The molecule has 1 saturated carbocycles. The van der Waals surface area contributed by atoms with E-state index in [1.165, 1.54) is 17.7 Å². The highest BCUT2D eigenvalue weighted by Crippen LogP contribution is 2.32. The molecular weight excluding hydrogens is 480 g/mol. The van der Waals surface area contributed by atoms with Gasteiger partial charge < -0.3 is 15.6 Å². The zero-order valence-electron chi connectivity index (χ0n) is 20.0. The average molecular weight is 511 g/mol. The van der Waals surface area contributed by atoms with E-state index in [-0.39, 0.29) is 22.3 Å². The molecule has 4 rings (SSSR count). The number of hydrogen-bond donors (Lipinski definition) is 4. The number of anilines is 1. The summed E-state index contributed by atoms with van der Waals surface area (Å²) in [5.74, 6) is -0.0381. The van der Waals surface area contributed by atoms with Crippen molar-refractivity contribution < 1.29 is 13.2 Å². The van der Waals surface area contributed by atoms with Crippen molar-refractivity contribution in [2.45, 2.75) is 49.0 Å². The number of nitrogens with one attached hydrogen (secondary N) is 4. The number of benzene rings is 2. The van der Waals surface area contributed by atoms with E-state index in [9.17, 15) is 22.8 Å². The number of sulfone groups is 1. The highest BCUT2D eigenvalue weighted by atomic mass is 32.2. The monoisotopic (exact) mass is 510 g/mol. The van der Waals surface area contributed by atoms with Crippen LogP contribution in [0.5, 0.6) is 0 Å². The number of hydrogen-bond acceptors (Lipinski definition) is 6. The third-order valence-corrected chi connectivity index (χ3v) is 7.70. The van der Waals surface area contributed by atoms with Gasteiger partial charge in [0.05, 0.1) is 4.90 Å².